The minimum Gasteiger partial charge on any atom is -0.491 e. The van der Waals surface area contributed by atoms with Crippen LogP contribution in [0.4, 0.5) is 0 Å². The molecule has 2 nitrogen and oxygen atoms in total. The zero-order valence-corrected chi connectivity index (χ0v) is 11.4. The van der Waals surface area contributed by atoms with Crippen molar-refractivity contribution in [3.8, 4) is 5.75 Å². The highest BCUT2D eigenvalue weighted by Crippen LogP contribution is 2.29. The Morgan fingerprint density at radius 1 is 1.38 bits per heavy atom. The van der Waals surface area contributed by atoms with E-state index in [4.69, 9.17) is 16.3 Å². The van der Waals surface area contributed by atoms with Gasteiger partial charge in [-0.2, -0.15) is 12.6 Å². The van der Waals surface area contributed by atoms with Gasteiger partial charge in [0, 0.05) is 17.7 Å². The molecule has 0 radical (unpaired) electrons. The molecule has 0 amide bonds. The highest BCUT2D eigenvalue weighted by molar-refractivity contribution is 7.80. The predicted molar refractivity (Wildman–Crippen MR) is 71.6 cm³/mol. The number of hydrogen-bond acceptors (Lipinski definition) is 3. The van der Waals surface area contributed by atoms with Gasteiger partial charge in [0.2, 0.25) is 0 Å². The molecule has 0 saturated carbocycles. The van der Waals surface area contributed by atoms with E-state index in [-0.39, 0.29) is 5.41 Å². The van der Waals surface area contributed by atoms with Gasteiger partial charge in [0.15, 0.2) is 0 Å². The number of aromatic nitrogens is 1. The highest BCUT2D eigenvalue weighted by Gasteiger charge is 2.25. The molecule has 0 bridgehead atoms. The van der Waals surface area contributed by atoms with Gasteiger partial charge < -0.3 is 4.74 Å². The van der Waals surface area contributed by atoms with E-state index in [0.717, 1.165) is 24.3 Å². The molecule has 1 rings (SSSR count). The molecule has 4 heteroatoms. The van der Waals surface area contributed by atoms with E-state index < -0.39 is 0 Å². The molecular formula is C12H18ClNOS. The smallest absolute Gasteiger partial charge is 0.139 e. The van der Waals surface area contributed by atoms with E-state index in [0.29, 0.717) is 11.6 Å². The molecule has 0 atom stereocenters. The maximum Gasteiger partial charge on any atom is 0.139 e. The van der Waals surface area contributed by atoms with Gasteiger partial charge in [-0.15, -0.1) is 0 Å². The molecule has 0 N–H and O–H groups in total. The average molecular weight is 260 g/mol. The summed E-state index contributed by atoms with van der Waals surface area (Å²) in [6, 6.07) is 1.78. The van der Waals surface area contributed by atoms with Crippen LogP contribution in [-0.4, -0.2) is 17.3 Å². The van der Waals surface area contributed by atoms with Crippen molar-refractivity contribution in [3.05, 3.63) is 23.5 Å². The van der Waals surface area contributed by atoms with Crippen LogP contribution in [0.15, 0.2) is 18.5 Å². The van der Waals surface area contributed by atoms with E-state index in [1.807, 2.05) is 0 Å². The summed E-state index contributed by atoms with van der Waals surface area (Å²) >= 11 is 10.2. The summed E-state index contributed by atoms with van der Waals surface area (Å²) in [6.45, 7) is 4.99. The molecule has 16 heavy (non-hydrogen) atoms. The van der Waals surface area contributed by atoms with Gasteiger partial charge >= 0.3 is 0 Å². The Kier molecular flexibility index (Phi) is 5.42. The van der Waals surface area contributed by atoms with Crippen molar-refractivity contribution in [1.29, 1.82) is 0 Å². The standard InChI is InChI=1S/C12H18ClNOS/c1-3-12(4-2,9-16)8-15-11-5-10(13)6-14-7-11/h5-7,16H,3-4,8-9H2,1-2H3. The Labute approximate surface area is 108 Å². The molecule has 0 spiro atoms. The van der Waals surface area contributed by atoms with Gasteiger partial charge in [0.05, 0.1) is 17.8 Å². The summed E-state index contributed by atoms with van der Waals surface area (Å²) in [5.74, 6) is 1.55. The molecule has 1 aromatic heterocycles. The topological polar surface area (TPSA) is 22.1 Å². The van der Waals surface area contributed by atoms with Crippen LogP contribution in [0.25, 0.3) is 0 Å². The van der Waals surface area contributed by atoms with Crippen LogP contribution >= 0.6 is 24.2 Å². The fourth-order valence-corrected chi connectivity index (χ4v) is 2.13. The number of nitrogens with zero attached hydrogens (tertiary/aromatic N) is 1. The van der Waals surface area contributed by atoms with Gasteiger partial charge in [0.1, 0.15) is 5.75 Å². The SMILES string of the molecule is CCC(CC)(CS)COc1cncc(Cl)c1. The lowest BCUT2D eigenvalue weighted by atomic mass is 9.85. The lowest BCUT2D eigenvalue weighted by molar-refractivity contribution is 0.156. The fraction of sp³-hybridized carbons (Fsp3) is 0.583. The first kappa shape index (κ1) is 13.7. The lowest BCUT2D eigenvalue weighted by Gasteiger charge is -2.29. The quantitative estimate of drug-likeness (QED) is 0.784. The van der Waals surface area contributed by atoms with Crippen molar-refractivity contribution in [2.45, 2.75) is 26.7 Å². The number of ether oxygens (including phenoxy) is 1. The molecule has 0 aliphatic rings. The zero-order chi connectivity index (χ0) is 12.0. The third kappa shape index (κ3) is 3.56. The summed E-state index contributed by atoms with van der Waals surface area (Å²) in [6.07, 6.45) is 5.39. The van der Waals surface area contributed by atoms with Gasteiger partial charge in [-0.05, 0) is 18.6 Å². The molecule has 0 aromatic carbocycles. The van der Waals surface area contributed by atoms with E-state index in [1.54, 1.807) is 18.5 Å². The maximum absolute atomic E-state index is 5.84. The molecule has 1 heterocycles. The van der Waals surface area contributed by atoms with Crippen LogP contribution in [0, 0.1) is 5.41 Å². The summed E-state index contributed by atoms with van der Waals surface area (Å²) in [5, 5.41) is 0.599. The van der Waals surface area contributed by atoms with Crippen LogP contribution in [0.2, 0.25) is 5.02 Å². The molecule has 0 saturated heterocycles. The molecule has 0 aliphatic carbocycles. The molecule has 0 fully saturated rings. The number of thiol groups is 1. The molecule has 0 aliphatic heterocycles. The zero-order valence-electron chi connectivity index (χ0n) is 9.74. The summed E-state index contributed by atoms with van der Waals surface area (Å²) in [7, 11) is 0. The fourth-order valence-electron chi connectivity index (χ4n) is 1.43. The van der Waals surface area contributed by atoms with Crippen molar-refractivity contribution < 1.29 is 4.74 Å². The van der Waals surface area contributed by atoms with Crippen molar-refractivity contribution in [2.75, 3.05) is 12.4 Å². The molecular weight excluding hydrogens is 242 g/mol. The average Bonchev–Trinajstić information content (AvgIpc) is 2.32. The summed E-state index contributed by atoms with van der Waals surface area (Å²) in [4.78, 5) is 3.99. The van der Waals surface area contributed by atoms with Crippen molar-refractivity contribution in [2.24, 2.45) is 5.41 Å². The predicted octanol–water partition coefficient (Wildman–Crippen LogP) is 3.85. The molecule has 1 aromatic rings. The van der Waals surface area contributed by atoms with Gasteiger partial charge in [-0.25, -0.2) is 0 Å². The van der Waals surface area contributed by atoms with Crippen molar-refractivity contribution in [1.82, 2.24) is 4.98 Å². The number of hydrogen-bond donors (Lipinski definition) is 1. The Hall–Kier alpha value is -0.410. The second-order valence-electron chi connectivity index (χ2n) is 3.99. The van der Waals surface area contributed by atoms with Gasteiger partial charge in [0.25, 0.3) is 0 Å². The first-order valence-electron chi connectivity index (χ1n) is 5.50. The van der Waals surface area contributed by atoms with Crippen molar-refractivity contribution in [3.63, 3.8) is 0 Å². The summed E-state index contributed by atoms with van der Waals surface area (Å²) in [5.41, 5.74) is 0.144. The Morgan fingerprint density at radius 3 is 2.56 bits per heavy atom. The third-order valence-corrected chi connectivity index (χ3v) is 3.94. The Bertz CT molecular complexity index is 320. The normalized spacial score (nSPS) is 11.5. The van der Waals surface area contributed by atoms with Crippen LogP contribution < -0.4 is 4.74 Å². The molecule has 90 valence electrons. The van der Waals surface area contributed by atoms with Crippen LogP contribution in [0.1, 0.15) is 26.7 Å². The minimum absolute atomic E-state index is 0.144. The van der Waals surface area contributed by atoms with Crippen molar-refractivity contribution >= 4 is 24.2 Å². The van der Waals surface area contributed by atoms with E-state index in [9.17, 15) is 0 Å². The second-order valence-corrected chi connectivity index (χ2v) is 4.75. The first-order valence-corrected chi connectivity index (χ1v) is 6.51. The third-order valence-electron chi connectivity index (χ3n) is 3.06. The Balaban J connectivity index is 2.62. The highest BCUT2D eigenvalue weighted by atomic mass is 35.5. The van der Waals surface area contributed by atoms with Gasteiger partial charge in [-0.1, -0.05) is 25.4 Å². The molecule has 0 unspecified atom stereocenters. The Morgan fingerprint density at radius 2 is 2.06 bits per heavy atom. The van der Waals surface area contributed by atoms with Crippen LogP contribution in [0.5, 0.6) is 5.75 Å². The first-order chi connectivity index (χ1) is 7.65. The maximum atomic E-state index is 5.84. The monoisotopic (exact) mass is 259 g/mol. The van der Waals surface area contributed by atoms with E-state index in [2.05, 4.69) is 31.5 Å². The minimum atomic E-state index is 0.144. The number of pyridine rings is 1. The van der Waals surface area contributed by atoms with E-state index >= 15 is 0 Å². The number of rotatable bonds is 6. The van der Waals surface area contributed by atoms with Crippen LogP contribution in [0.3, 0.4) is 0 Å². The summed E-state index contributed by atoms with van der Waals surface area (Å²) < 4.78 is 5.73. The number of halogens is 1. The van der Waals surface area contributed by atoms with E-state index in [1.165, 1.54) is 0 Å². The van der Waals surface area contributed by atoms with Gasteiger partial charge in [-0.3, -0.25) is 4.98 Å². The second kappa shape index (κ2) is 6.36. The largest absolute Gasteiger partial charge is 0.491 e. The lowest BCUT2D eigenvalue weighted by Crippen LogP contribution is -2.29. The van der Waals surface area contributed by atoms with Crippen LogP contribution in [-0.2, 0) is 0 Å².